The summed E-state index contributed by atoms with van der Waals surface area (Å²) in [5.74, 6) is 0.167. The van der Waals surface area contributed by atoms with Crippen molar-refractivity contribution >= 4 is 0 Å². The maximum atomic E-state index is 13.4. The molecular weight excluding hydrogens is 241 g/mol. The maximum Gasteiger partial charge on any atom is 0.123 e. The molecule has 106 valence electrons. The van der Waals surface area contributed by atoms with Crippen molar-refractivity contribution in [3.8, 4) is 0 Å². The van der Waals surface area contributed by atoms with Gasteiger partial charge in [-0.2, -0.15) is 0 Å². The molecular formula is C16H24FNO. The minimum absolute atomic E-state index is 0.153. The third kappa shape index (κ3) is 4.59. The summed E-state index contributed by atoms with van der Waals surface area (Å²) >= 11 is 0. The Balaban J connectivity index is 2.03. The van der Waals surface area contributed by atoms with Crippen LogP contribution in [0.1, 0.15) is 44.6 Å². The molecule has 1 aliphatic heterocycles. The van der Waals surface area contributed by atoms with Gasteiger partial charge in [-0.15, -0.1) is 0 Å². The molecule has 1 fully saturated rings. The summed E-state index contributed by atoms with van der Waals surface area (Å²) < 4.78 is 19.1. The van der Waals surface area contributed by atoms with Crippen LogP contribution in [0.4, 0.5) is 4.39 Å². The molecule has 2 nitrogen and oxygen atoms in total. The topological polar surface area (TPSA) is 21.3 Å². The van der Waals surface area contributed by atoms with Crippen molar-refractivity contribution in [2.24, 2.45) is 0 Å². The highest BCUT2D eigenvalue weighted by Gasteiger charge is 2.22. The molecule has 0 amide bonds. The molecule has 1 heterocycles. The Morgan fingerprint density at radius 3 is 2.89 bits per heavy atom. The van der Waals surface area contributed by atoms with Crippen LogP contribution >= 0.6 is 0 Å². The van der Waals surface area contributed by atoms with Crippen molar-refractivity contribution in [2.45, 2.75) is 51.2 Å². The summed E-state index contributed by atoms with van der Waals surface area (Å²) in [6.07, 6.45) is 3.59. The first-order valence-corrected chi connectivity index (χ1v) is 7.25. The molecule has 2 rings (SSSR count). The highest BCUT2D eigenvalue weighted by molar-refractivity contribution is 5.21. The molecule has 0 spiro atoms. The molecule has 0 aliphatic carbocycles. The van der Waals surface area contributed by atoms with Gasteiger partial charge in [-0.05, 0) is 42.9 Å². The van der Waals surface area contributed by atoms with Crippen LogP contribution in [0.15, 0.2) is 24.3 Å². The van der Waals surface area contributed by atoms with Gasteiger partial charge in [0.1, 0.15) is 5.82 Å². The first-order valence-electron chi connectivity index (χ1n) is 7.25. The number of rotatable bonds is 6. The lowest BCUT2D eigenvalue weighted by Gasteiger charge is -2.22. The van der Waals surface area contributed by atoms with Gasteiger partial charge in [-0.25, -0.2) is 4.39 Å². The van der Waals surface area contributed by atoms with E-state index in [1.807, 2.05) is 6.07 Å². The molecule has 0 aromatic heterocycles. The maximum absolute atomic E-state index is 13.4. The van der Waals surface area contributed by atoms with Gasteiger partial charge in [0.15, 0.2) is 0 Å². The fourth-order valence-corrected chi connectivity index (χ4v) is 2.62. The third-order valence-corrected chi connectivity index (χ3v) is 3.66. The fourth-order valence-electron chi connectivity index (χ4n) is 2.62. The average Bonchev–Trinajstić information content (AvgIpc) is 2.87. The van der Waals surface area contributed by atoms with Crippen molar-refractivity contribution in [3.63, 3.8) is 0 Å². The van der Waals surface area contributed by atoms with Crippen LogP contribution in [-0.4, -0.2) is 25.3 Å². The molecule has 0 saturated carbocycles. The zero-order valence-electron chi connectivity index (χ0n) is 11.9. The van der Waals surface area contributed by atoms with Gasteiger partial charge in [-0.3, -0.25) is 0 Å². The highest BCUT2D eigenvalue weighted by Crippen LogP contribution is 2.27. The molecule has 3 heteroatoms. The highest BCUT2D eigenvalue weighted by atomic mass is 19.1. The third-order valence-electron chi connectivity index (χ3n) is 3.66. The smallest absolute Gasteiger partial charge is 0.123 e. The van der Waals surface area contributed by atoms with Crippen LogP contribution in [0.2, 0.25) is 0 Å². The second-order valence-corrected chi connectivity index (χ2v) is 5.69. The molecule has 1 aliphatic rings. The Hall–Kier alpha value is -0.930. The van der Waals surface area contributed by atoms with Crippen molar-refractivity contribution in [1.29, 1.82) is 0 Å². The fraction of sp³-hybridized carbons (Fsp3) is 0.625. The van der Waals surface area contributed by atoms with E-state index in [-0.39, 0.29) is 5.82 Å². The van der Waals surface area contributed by atoms with Gasteiger partial charge in [0.05, 0.1) is 6.10 Å². The second kappa shape index (κ2) is 7.01. The molecule has 1 N–H and O–H groups in total. The van der Waals surface area contributed by atoms with E-state index in [1.54, 1.807) is 12.1 Å². The molecule has 2 atom stereocenters. The van der Waals surface area contributed by atoms with Gasteiger partial charge in [0.25, 0.3) is 0 Å². The van der Waals surface area contributed by atoms with E-state index in [2.05, 4.69) is 19.2 Å². The van der Waals surface area contributed by atoms with Crippen LogP contribution in [0.25, 0.3) is 0 Å². The van der Waals surface area contributed by atoms with Gasteiger partial charge < -0.3 is 10.1 Å². The summed E-state index contributed by atoms with van der Waals surface area (Å²) in [5, 5.41) is 3.46. The Bertz CT molecular complexity index is 388. The molecule has 1 saturated heterocycles. The minimum atomic E-state index is -0.153. The van der Waals surface area contributed by atoms with E-state index in [4.69, 9.17) is 4.74 Å². The number of ether oxygens (including phenoxy) is 1. The van der Waals surface area contributed by atoms with E-state index >= 15 is 0 Å². The summed E-state index contributed by atoms with van der Waals surface area (Å²) in [6.45, 7) is 6.02. The second-order valence-electron chi connectivity index (χ2n) is 5.69. The first-order chi connectivity index (χ1) is 9.15. The lowest BCUT2D eigenvalue weighted by atomic mass is 9.92. The first kappa shape index (κ1) is 14.5. The SMILES string of the molecule is CC(C)NCC(CC1CCCO1)c1cccc(F)c1. The van der Waals surface area contributed by atoms with E-state index in [0.717, 1.165) is 38.0 Å². The molecule has 1 aromatic carbocycles. The van der Waals surface area contributed by atoms with E-state index < -0.39 is 0 Å². The average molecular weight is 265 g/mol. The Morgan fingerprint density at radius 2 is 2.26 bits per heavy atom. The number of hydrogen-bond donors (Lipinski definition) is 1. The van der Waals surface area contributed by atoms with E-state index in [1.165, 1.54) is 6.07 Å². The van der Waals surface area contributed by atoms with Gasteiger partial charge >= 0.3 is 0 Å². The summed E-state index contributed by atoms with van der Waals surface area (Å²) in [5.41, 5.74) is 1.07. The molecule has 0 radical (unpaired) electrons. The van der Waals surface area contributed by atoms with Crippen molar-refractivity contribution in [2.75, 3.05) is 13.2 Å². The zero-order chi connectivity index (χ0) is 13.7. The predicted octanol–water partition coefficient (Wildman–Crippen LogP) is 3.48. The van der Waals surface area contributed by atoms with Crippen LogP contribution < -0.4 is 5.32 Å². The Labute approximate surface area is 115 Å². The van der Waals surface area contributed by atoms with E-state index in [0.29, 0.717) is 18.1 Å². The van der Waals surface area contributed by atoms with Crippen LogP contribution in [0, 0.1) is 5.82 Å². The van der Waals surface area contributed by atoms with E-state index in [9.17, 15) is 4.39 Å². The Kier molecular flexibility index (Phi) is 5.34. The van der Waals surface area contributed by atoms with Crippen LogP contribution in [-0.2, 0) is 4.74 Å². The summed E-state index contributed by atoms with van der Waals surface area (Å²) in [4.78, 5) is 0. The van der Waals surface area contributed by atoms with Crippen molar-refractivity contribution in [3.05, 3.63) is 35.6 Å². The number of hydrogen-bond acceptors (Lipinski definition) is 2. The monoisotopic (exact) mass is 265 g/mol. The van der Waals surface area contributed by atoms with Crippen LogP contribution in [0.3, 0.4) is 0 Å². The standard InChI is InChI=1S/C16H24FNO/c1-12(2)18-11-14(10-16-7-4-8-19-16)13-5-3-6-15(17)9-13/h3,5-6,9,12,14,16,18H,4,7-8,10-11H2,1-2H3. The lowest BCUT2D eigenvalue weighted by Crippen LogP contribution is -2.29. The molecule has 0 bridgehead atoms. The van der Waals surface area contributed by atoms with Gasteiger partial charge in [0.2, 0.25) is 0 Å². The molecule has 2 unspecified atom stereocenters. The minimum Gasteiger partial charge on any atom is -0.378 e. The number of nitrogens with one attached hydrogen (secondary N) is 1. The number of halogens is 1. The zero-order valence-corrected chi connectivity index (χ0v) is 11.9. The Morgan fingerprint density at radius 1 is 1.42 bits per heavy atom. The number of benzene rings is 1. The van der Waals surface area contributed by atoms with Crippen molar-refractivity contribution < 1.29 is 9.13 Å². The van der Waals surface area contributed by atoms with Gasteiger partial charge in [-0.1, -0.05) is 26.0 Å². The van der Waals surface area contributed by atoms with Crippen molar-refractivity contribution in [1.82, 2.24) is 5.32 Å². The lowest BCUT2D eigenvalue weighted by molar-refractivity contribution is 0.0974. The predicted molar refractivity (Wildman–Crippen MR) is 75.9 cm³/mol. The normalized spacial score (nSPS) is 20.9. The molecule has 19 heavy (non-hydrogen) atoms. The van der Waals surface area contributed by atoms with Crippen LogP contribution in [0.5, 0.6) is 0 Å². The quantitative estimate of drug-likeness (QED) is 0.850. The summed E-state index contributed by atoms with van der Waals surface area (Å²) in [6, 6.07) is 7.41. The summed E-state index contributed by atoms with van der Waals surface area (Å²) in [7, 11) is 0. The molecule has 1 aromatic rings. The van der Waals surface area contributed by atoms with Gasteiger partial charge in [0, 0.05) is 19.2 Å². The largest absolute Gasteiger partial charge is 0.378 e.